The van der Waals surface area contributed by atoms with Crippen molar-refractivity contribution in [3.63, 3.8) is 0 Å². The molecule has 20 heavy (non-hydrogen) atoms. The molecule has 0 saturated heterocycles. The molecule has 2 aromatic rings. The van der Waals surface area contributed by atoms with Crippen molar-refractivity contribution in [1.82, 2.24) is 10.3 Å². The van der Waals surface area contributed by atoms with Crippen molar-refractivity contribution in [2.24, 2.45) is 0 Å². The van der Waals surface area contributed by atoms with E-state index in [2.05, 4.69) is 50.6 Å². The Morgan fingerprint density at radius 2 is 2.00 bits per heavy atom. The molecule has 1 aromatic carbocycles. The zero-order valence-corrected chi connectivity index (χ0v) is 13.5. The number of thiocarbonyl (C=S) groups is 1. The molecule has 5 heteroatoms. The third kappa shape index (κ3) is 4.28. The van der Waals surface area contributed by atoms with Gasteiger partial charge in [-0.05, 0) is 52.3 Å². The van der Waals surface area contributed by atoms with Crippen LogP contribution in [-0.4, -0.2) is 10.1 Å². The summed E-state index contributed by atoms with van der Waals surface area (Å²) in [6, 6.07) is 14.3. The molecule has 2 N–H and O–H groups in total. The van der Waals surface area contributed by atoms with E-state index in [0.717, 1.165) is 16.7 Å². The number of hydrogen-bond donors (Lipinski definition) is 2. The van der Waals surface area contributed by atoms with Gasteiger partial charge in [0.2, 0.25) is 0 Å². The number of nitrogens with one attached hydrogen (secondary N) is 2. The van der Waals surface area contributed by atoms with Gasteiger partial charge in [-0.25, -0.2) is 4.98 Å². The molecule has 104 valence electrons. The number of anilines is 1. The summed E-state index contributed by atoms with van der Waals surface area (Å²) in [6.07, 6.45) is 2.69. The second kappa shape index (κ2) is 7.36. The highest BCUT2D eigenvalue weighted by Crippen LogP contribution is 2.16. The SMILES string of the molecule is CCC(NC(=S)Nc1ccc(Br)cn1)c1ccccc1. The largest absolute Gasteiger partial charge is 0.356 e. The lowest BCUT2D eigenvalue weighted by atomic mass is 10.1. The predicted octanol–water partition coefficient (Wildman–Crippen LogP) is 4.28. The minimum Gasteiger partial charge on any atom is -0.356 e. The molecular formula is C15H16BrN3S. The van der Waals surface area contributed by atoms with Crippen molar-refractivity contribution in [2.45, 2.75) is 19.4 Å². The number of benzene rings is 1. The van der Waals surface area contributed by atoms with E-state index < -0.39 is 0 Å². The molecule has 0 aliphatic rings. The fourth-order valence-electron chi connectivity index (χ4n) is 1.87. The summed E-state index contributed by atoms with van der Waals surface area (Å²) in [7, 11) is 0. The van der Waals surface area contributed by atoms with Crippen LogP contribution in [0.4, 0.5) is 5.82 Å². The molecule has 0 bridgehead atoms. The van der Waals surface area contributed by atoms with Crippen LogP contribution in [-0.2, 0) is 0 Å². The highest BCUT2D eigenvalue weighted by molar-refractivity contribution is 9.10. The van der Waals surface area contributed by atoms with Gasteiger partial charge >= 0.3 is 0 Å². The summed E-state index contributed by atoms with van der Waals surface area (Å²) in [5, 5.41) is 6.99. The minimum absolute atomic E-state index is 0.201. The van der Waals surface area contributed by atoms with Gasteiger partial charge in [-0.1, -0.05) is 37.3 Å². The molecule has 1 unspecified atom stereocenters. The Balaban J connectivity index is 1.97. The summed E-state index contributed by atoms with van der Waals surface area (Å²) in [6.45, 7) is 2.13. The lowest BCUT2D eigenvalue weighted by Gasteiger charge is -2.19. The van der Waals surface area contributed by atoms with E-state index in [1.807, 2.05) is 30.3 Å². The van der Waals surface area contributed by atoms with Gasteiger partial charge in [0.25, 0.3) is 0 Å². The summed E-state index contributed by atoms with van der Waals surface area (Å²) in [5.41, 5.74) is 1.22. The number of pyridine rings is 1. The van der Waals surface area contributed by atoms with E-state index in [9.17, 15) is 0 Å². The average molecular weight is 350 g/mol. The van der Waals surface area contributed by atoms with Crippen LogP contribution in [0.5, 0.6) is 0 Å². The van der Waals surface area contributed by atoms with Gasteiger partial charge in [-0.15, -0.1) is 0 Å². The molecule has 3 nitrogen and oxygen atoms in total. The van der Waals surface area contributed by atoms with Crippen LogP contribution in [0.3, 0.4) is 0 Å². The molecule has 0 spiro atoms. The molecule has 1 aromatic heterocycles. The van der Waals surface area contributed by atoms with Gasteiger partial charge in [-0.2, -0.15) is 0 Å². The number of hydrogen-bond acceptors (Lipinski definition) is 2. The molecule has 1 heterocycles. The Morgan fingerprint density at radius 3 is 2.60 bits per heavy atom. The maximum Gasteiger partial charge on any atom is 0.172 e. The van der Waals surface area contributed by atoms with Crippen LogP contribution in [0.1, 0.15) is 24.9 Å². The third-order valence-corrected chi connectivity index (χ3v) is 3.57. The summed E-state index contributed by atoms with van der Waals surface area (Å²) < 4.78 is 0.942. The summed E-state index contributed by atoms with van der Waals surface area (Å²) >= 11 is 8.69. The van der Waals surface area contributed by atoms with Crippen LogP contribution in [0.15, 0.2) is 53.1 Å². The Kier molecular flexibility index (Phi) is 5.49. The fraction of sp³-hybridized carbons (Fsp3) is 0.200. The van der Waals surface area contributed by atoms with E-state index in [1.165, 1.54) is 5.56 Å². The first-order chi connectivity index (χ1) is 9.69. The number of rotatable bonds is 4. The molecule has 0 aliphatic carbocycles. The molecule has 0 fully saturated rings. The van der Waals surface area contributed by atoms with Crippen LogP contribution < -0.4 is 10.6 Å². The standard InChI is InChI=1S/C15H16BrN3S/c1-2-13(11-6-4-3-5-7-11)18-15(20)19-14-9-8-12(16)10-17-14/h3-10,13H,2H2,1H3,(H2,17,18,19,20). The number of aromatic nitrogens is 1. The van der Waals surface area contributed by atoms with Crippen LogP contribution in [0.2, 0.25) is 0 Å². The monoisotopic (exact) mass is 349 g/mol. The Labute approximate surface area is 132 Å². The van der Waals surface area contributed by atoms with Crippen molar-refractivity contribution in [1.29, 1.82) is 0 Å². The van der Waals surface area contributed by atoms with Crippen molar-refractivity contribution >= 4 is 39.1 Å². The maximum absolute atomic E-state index is 5.34. The summed E-state index contributed by atoms with van der Waals surface area (Å²) in [5.74, 6) is 0.730. The topological polar surface area (TPSA) is 37.0 Å². The smallest absolute Gasteiger partial charge is 0.172 e. The Bertz CT molecular complexity index is 557. The van der Waals surface area contributed by atoms with Gasteiger partial charge in [0.05, 0.1) is 6.04 Å². The van der Waals surface area contributed by atoms with Gasteiger partial charge < -0.3 is 10.6 Å². The third-order valence-electron chi connectivity index (χ3n) is 2.88. The number of nitrogens with zero attached hydrogens (tertiary/aromatic N) is 1. The lowest BCUT2D eigenvalue weighted by molar-refractivity contribution is 0.629. The Morgan fingerprint density at radius 1 is 1.25 bits per heavy atom. The van der Waals surface area contributed by atoms with Crippen molar-refractivity contribution in [3.8, 4) is 0 Å². The molecule has 2 rings (SSSR count). The first-order valence-electron chi connectivity index (χ1n) is 6.43. The van der Waals surface area contributed by atoms with Crippen LogP contribution in [0, 0.1) is 0 Å². The van der Waals surface area contributed by atoms with Crippen molar-refractivity contribution in [2.75, 3.05) is 5.32 Å². The molecule has 0 saturated carbocycles. The van der Waals surface area contributed by atoms with Crippen molar-refractivity contribution in [3.05, 3.63) is 58.7 Å². The van der Waals surface area contributed by atoms with Gasteiger partial charge in [0.15, 0.2) is 5.11 Å². The zero-order chi connectivity index (χ0) is 14.4. The zero-order valence-electron chi connectivity index (χ0n) is 11.1. The molecule has 0 aliphatic heterocycles. The van der Waals surface area contributed by atoms with Gasteiger partial charge in [-0.3, -0.25) is 0 Å². The van der Waals surface area contributed by atoms with Crippen molar-refractivity contribution < 1.29 is 0 Å². The van der Waals surface area contributed by atoms with Gasteiger partial charge in [0, 0.05) is 10.7 Å². The van der Waals surface area contributed by atoms with E-state index in [4.69, 9.17) is 12.2 Å². The molecular weight excluding hydrogens is 334 g/mol. The molecule has 1 atom stereocenters. The van der Waals surface area contributed by atoms with E-state index >= 15 is 0 Å². The maximum atomic E-state index is 5.34. The van der Waals surface area contributed by atoms with E-state index in [0.29, 0.717) is 5.11 Å². The predicted molar refractivity (Wildman–Crippen MR) is 90.8 cm³/mol. The fourth-order valence-corrected chi connectivity index (χ4v) is 2.35. The number of halogens is 1. The molecule has 0 radical (unpaired) electrons. The van der Waals surface area contributed by atoms with Crippen LogP contribution in [0.25, 0.3) is 0 Å². The highest BCUT2D eigenvalue weighted by Gasteiger charge is 2.10. The molecule has 0 amide bonds. The van der Waals surface area contributed by atoms with Gasteiger partial charge in [0.1, 0.15) is 5.82 Å². The first kappa shape index (κ1) is 14.9. The summed E-state index contributed by atoms with van der Waals surface area (Å²) in [4.78, 5) is 4.24. The van der Waals surface area contributed by atoms with Crippen LogP contribution >= 0.6 is 28.1 Å². The second-order valence-corrected chi connectivity index (χ2v) is 5.66. The van der Waals surface area contributed by atoms with E-state index in [1.54, 1.807) is 6.20 Å². The first-order valence-corrected chi connectivity index (χ1v) is 7.63. The average Bonchev–Trinajstić information content (AvgIpc) is 2.48. The Hall–Kier alpha value is -1.46. The van der Waals surface area contributed by atoms with E-state index in [-0.39, 0.29) is 6.04 Å². The highest BCUT2D eigenvalue weighted by atomic mass is 79.9. The normalized spacial score (nSPS) is 11.7. The quantitative estimate of drug-likeness (QED) is 0.807. The lowest BCUT2D eigenvalue weighted by Crippen LogP contribution is -2.32. The second-order valence-electron chi connectivity index (χ2n) is 4.33. The minimum atomic E-state index is 0.201.